The molecule has 0 N–H and O–H groups in total. The second-order valence-corrected chi connectivity index (χ2v) is 5.30. The molecule has 2 aromatic rings. The first kappa shape index (κ1) is 13.0. The maximum atomic E-state index is 2.48. The van der Waals surface area contributed by atoms with E-state index in [1.54, 1.807) is 0 Å². The third-order valence-corrected chi connectivity index (χ3v) is 3.98. The van der Waals surface area contributed by atoms with E-state index in [4.69, 9.17) is 0 Å². The van der Waals surface area contributed by atoms with Crippen molar-refractivity contribution in [2.75, 3.05) is 16.5 Å². The largest absolute Gasteiger partial charge is 0.349 e. The maximum absolute atomic E-state index is 2.48. The van der Waals surface area contributed by atoms with E-state index in [1.807, 2.05) is 13.8 Å². The van der Waals surface area contributed by atoms with Crippen LogP contribution in [0.4, 0.5) is 11.4 Å². The lowest BCUT2D eigenvalue weighted by molar-refractivity contribution is 0.650. The van der Waals surface area contributed by atoms with Crippen LogP contribution in [0.5, 0.6) is 0 Å². The van der Waals surface area contributed by atoms with Crippen molar-refractivity contribution < 1.29 is 0 Å². The summed E-state index contributed by atoms with van der Waals surface area (Å²) in [4.78, 5) is 4.95. The minimum atomic E-state index is 1.02. The van der Waals surface area contributed by atoms with Gasteiger partial charge in [0.05, 0.1) is 6.67 Å². The van der Waals surface area contributed by atoms with Gasteiger partial charge < -0.3 is 9.80 Å². The summed E-state index contributed by atoms with van der Waals surface area (Å²) >= 11 is 0. The van der Waals surface area contributed by atoms with Crippen molar-refractivity contribution in [1.29, 1.82) is 0 Å². The fraction of sp³-hybridized carbons (Fsp3) is 0.333. The molecule has 0 amide bonds. The van der Waals surface area contributed by atoms with Crippen LogP contribution in [0.1, 0.15) is 30.5 Å². The summed E-state index contributed by atoms with van der Waals surface area (Å²) in [6.45, 7) is 9.25. The number of benzene rings is 2. The standard InChI is InChI=1S/C16H16N2.C2H6/c1-12-6-7-14-10-17-11-18(16(14)8-12)9-13-4-2-3-5-15(13)17;1-2/h2-8H,9-11H2,1H3;1-2H3. The molecule has 0 aliphatic carbocycles. The van der Waals surface area contributed by atoms with Crippen LogP contribution in [0.25, 0.3) is 0 Å². The minimum absolute atomic E-state index is 1.02. The molecule has 0 fully saturated rings. The molecule has 104 valence electrons. The normalized spacial score (nSPS) is 14.9. The Kier molecular flexibility index (Phi) is 3.39. The zero-order valence-corrected chi connectivity index (χ0v) is 12.6. The number of anilines is 2. The van der Waals surface area contributed by atoms with Gasteiger partial charge in [0.15, 0.2) is 0 Å². The number of nitrogens with zero attached hydrogens (tertiary/aromatic N) is 2. The van der Waals surface area contributed by atoms with Gasteiger partial charge in [-0.1, -0.05) is 44.2 Å². The summed E-state index contributed by atoms with van der Waals surface area (Å²) in [6.07, 6.45) is 0. The van der Waals surface area contributed by atoms with Gasteiger partial charge in [-0.3, -0.25) is 0 Å². The molecule has 0 radical (unpaired) electrons. The fourth-order valence-corrected chi connectivity index (χ4v) is 3.10. The minimum Gasteiger partial charge on any atom is -0.349 e. The molecule has 2 aliphatic heterocycles. The topological polar surface area (TPSA) is 6.48 Å². The predicted molar refractivity (Wildman–Crippen MR) is 86.2 cm³/mol. The van der Waals surface area contributed by atoms with Crippen LogP contribution in [0, 0.1) is 6.92 Å². The van der Waals surface area contributed by atoms with Gasteiger partial charge in [-0.2, -0.15) is 0 Å². The molecule has 4 rings (SSSR count). The Morgan fingerprint density at radius 3 is 2.25 bits per heavy atom. The van der Waals surface area contributed by atoms with Crippen LogP contribution < -0.4 is 9.80 Å². The highest BCUT2D eigenvalue weighted by Gasteiger charge is 2.28. The van der Waals surface area contributed by atoms with Crippen LogP contribution in [0.3, 0.4) is 0 Å². The Bertz CT molecular complexity index is 619. The van der Waals surface area contributed by atoms with E-state index in [2.05, 4.69) is 59.2 Å². The Labute approximate surface area is 121 Å². The van der Waals surface area contributed by atoms with E-state index < -0.39 is 0 Å². The Morgan fingerprint density at radius 2 is 1.45 bits per heavy atom. The van der Waals surface area contributed by atoms with Crippen molar-refractivity contribution in [3.05, 3.63) is 59.2 Å². The maximum Gasteiger partial charge on any atom is 0.0910 e. The van der Waals surface area contributed by atoms with Crippen LogP contribution in [0.15, 0.2) is 42.5 Å². The highest BCUT2D eigenvalue weighted by atomic mass is 15.4. The second kappa shape index (κ2) is 5.20. The van der Waals surface area contributed by atoms with Crippen LogP contribution >= 0.6 is 0 Å². The highest BCUT2D eigenvalue weighted by Crippen LogP contribution is 2.37. The van der Waals surface area contributed by atoms with Crippen molar-refractivity contribution in [1.82, 2.24) is 0 Å². The van der Waals surface area contributed by atoms with Crippen LogP contribution in [0.2, 0.25) is 0 Å². The van der Waals surface area contributed by atoms with Crippen molar-refractivity contribution in [2.24, 2.45) is 0 Å². The molecule has 0 spiro atoms. The molecule has 2 heterocycles. The summed E-state index contributed by atoms with van der Waals surface area (Å²) in [6, 6.07) is 15.6. The second-order valence-electron chi connectivity index (χ2n) is 5.30. The van der Waals surface area contributed by atoms with E-state index in [1.165, 1.54) is 28.1 Å². The average molecular weight is 266 g/mol. The third kappa shape index (κ3) is 2.05. The van der Waals surface area contributed by atoms with Crippen molar-refractivity contribution in [3.8, 4) is 0 Å². The van der Waals surface area contributed by atoms with Crippen LogP contribution in [-0.2, 0) is 13.1 Å². The molecule has 0 saturated carbocycles. The van der Waals surface area contributed by atoms with Gasteiger partial charge in [0.25, 0.3) is 0 Å². The van der Waals surface area contributed by atoms with E-state index in [0.29, 0.717) is 0 Å². The molecule has 2 aliphatic rings. The van der Waals surface area contributed by atoms with Crippen molar-refractivity contribution in [3.63, 3.8) is 0 Å². The summed E-state index contributed by atoms with van der Waals surface area (Å²) < 4.78 is 0. The van der Waals surface area contributed by atoms with Gasteiger partial charge in [-0.15, -0.1) is 0 Å². The summed E-state index contributed by atoms with van der Waals surface area (Å²) in [5.41, 5.74) is 7.05. The van der Waals surface area contributed by atoms with E-state index in [0.717, 1.165) is 19.8 Å². The molecular weight excluding hydrogens is 244 g/mol. The van der Waals surface area contributed by atoms with Gasteiger partial charge >= 0.3 is 0 Å². The summed E-state index contributed by atoms with van der Waals surface area (Å²) in [7, 11) is 0. The van der Waals surface area contributed by atoms with Gasteiger partial charge in [-0.05, 0) is 35.7 Å². The smallest absolute Gasteiger partial charge is 0.0910 e. The zero-order valence-electron chi connectivity index (χ0n) is 12.6. The third-order valence-electron chi connectivity index (χ3n) is 3.98. The monoisotopic (exact) mass is 266 g/mol. The number of hydrogen-bond acceptors (Lipinski definition) is 2. The van der Waals surface area contributed by atoms with E-state index in [9.17, 15) is 0 Å². The quantitative estimate of drug-likeness (QED) is 0.700. The molecule has 0 saturated heterocycles. The van der Waals surface area contributed by atoms with E-state index >= 15 is 0 Å². The first-order valence-electron chi connectivity index (χ1n) is 7.48. The Hall–Kier alpha value is -1.96. The molecule has 0 aromatic heterocycles. The first-order chi connectivity index (χ1) is 9.81. The predicted octanol–water partition coefficient (Wildman–Crippen LogP) is 4.32. The Morgan fingerprint density at radius 1 is 0.800 bits per heavy atom. The van der Waals surface area contributed by atoms with Crippen molar-refractivity contribution >= 4 is 11.4 Å². The molecule has 2 bridgehead atoms. The summed E-state index contributed by atoms with van der Waals surface area (Å²) in [5, 5.41) is 0. The number of fused-ring (bicyclic) bond motifs is 6. The molecular formula is C18H22N2. The molecule has 2 heteroatoms. The Balaban J connectivity index is 0.000000581. The zero-order chi connectivity index (χ0) is 14.1. The van der Waals surface area contributed by atoms with Gasteiger partial charge in [0, 0.05) is 24.5 Å². The molecule has 2 aromatic carbocycles. The highest BCUT2D eigenvalue weighted by molar-refractivity contribution is 5.67. The molecule has 0 unspecified atom stereocenters. The first-order valence-corrected chi connectivity index (χ1v) is 7.48. The number of rotatable bonds is 0. The van der Waals surface area contributed by atoms with Gasteiger partial charge in [0.1, 0.15) is 0 Å². The fourth-order valence-electron chi connectivity index (χ4n) is 3.10. The lowest BCUT2D eigenvalue weighted by Gasteiger charge is -2.44. The van der Waals surface area contributed by atoms with E-state index in [-0.39, 0.29) is 0 Å². The summed E-state index contributed by atoms with van der Waals surface area (Å²) in [5.74, 6) is 0. The molecule has 20 heavy (non-hydrogen) atoms. The molecule has 0 atom stereocenters. The van der Waals surface area contributed by atoms with Gasteiger partial charge in [0.2, 0.25) is 0 Å². The van der Waals surface area contributed by atoms with Crippen molar-refractivity contribution in [2.45, 2.75) is 33.9 Å². The molecule has 2 nitrogen and oxygen atoms in total. The number of aryl methyl sites for hydroxylation is 1. The lowest BCUT2D eigenvalue weighted by atomic mass is 10.0. The lowest BCUT2D eigenvalue weighted by Crippen LogP contribution is -2.46. The SMILES string of the molecule is CC.Cc1ccc2c(c1)N1Cc3ccccc3N(C2)C1. The van der Waals surface area contributed by atoms with Gasteiger partial charge in [-0.25, -0.2) is 0 Å². The number of para-hydroxylation sites is 1. The number of hydrogen-bond donors (Lipinski definition) is 0. The van der Waals surface area contributed by atoms with Crippen LogP contribution in [-0.4, -0.2) is 6.67 Å². The average Bonchev–Trinajstić information content (AvgIpc) is 2.50.